The van der Waals surface area contributed by atoms with Gasteiger partial charge in [-0.15, -0.1) is 0 Å². The van der Waals surface area contributed by atoms with E-state index in [1.807, 2.05) is 85.1 Å². The van der Waals surface area contributed by atoms with Crippen molar-refractivity contribution < 1.29 is 0 Å². The average molecular weight is 654 g/mol. The largest absolute Gasteiger partial charge is 0.256 e. The minimum absolute atomic E-state index is 0.267. The van der Waals surface area contributed by atoms with Crippen LogP contribution in [0.15, 0.2) is 152 Å². The van der Waals surface area contributed by atoms with Crippen molar-refractivity contribution in [2.24, 2.45) is 0 Å². The van der Waals surface area contributed by atoms with Crippen LogP contribution in [0.3, 0.4) is 0 Å². The minimum Gasteiger partial charge on any atom is -0.256 e. The van der Waals surface area contributed by atoms with Crippen LogP contribution in [0.25, 0.3) is 78.4 Å². The molecule has 0 radical (unpaired) electrons. The highest BCUT2D eigenvalue weighted by molar-refractivity contribution is 5.95. The highest BCUT2D eigenvalue weighted by Crippen LogP contribution is 2.50. The van der Waals surface area contributed by atoms with Crippen molar-refractivity contribution in [2.75, 3.05) is 0 Å². The fraction of sp³-hybridized carbons (Fsp3) is 0.0652. The van der Waals surface area contributed by atoms with Gasteiger partial charge in [-0.05, 0) is 81.4 Å². The Balaban J connectivity index is 1.27. The molecule has 0 bridgehead atoms. The number of benzene rings is 6. The molecule has 6 aromatic carbocycles. The van der Waals surface area contributed by atoms with Gasteiger partial charge in [0.2, 0.25) is 0 Å². The summed E-state index contributed by atoms with van der Waals surface area (Å²) in [5, 5.41) is 10.7. The van der Waals surface area contributed by atoms with E-state index in [1.165, 1.54) is 22.3 Å². The van der Waals surface area contributed by atoms with Crippen molar-refractivity contribution in [3.05, 3.63) is 168 Å². The van der Waals surface area contributed by atoms with Crippen LogP contribution < -0.4 is 0 Å². The van der Waals surface area contributed by atoms with E-state index in [0.717, 1.165) is 49.8 Å². The Morgan fingerprint density at radius 2 is 1.06 bits per heavy atom. The number of hydrogen-bond donors (Lipinski definition) is 0. The number of aromatic nitrogens is 4. The first-order valence-corrected chi connectivity index (χ1v) is 17.0. The molecule has 9 rings (SSSR count). The molecule has 0 saturated heterocycles. The first-order chi connectivity index (χ1) is 25.0. The van der Waals surface area contributed by atoms with Gasteiger partial charge < -0.3 is 0 Å². The monoisotopic (exact) mass is 653 g/mol. The molecule has 51 heavy (non-hydrogen) atoms. The van der Waals surface area contributed by atoms with Crippen LogP contribution >= 0.6 is 0 Å². The Bertz CT molecular complexity index is 2610. The summed E-state index contributed by atoms with van der Waals surface area (Å²) in [6, 6.07) is 52.2. The number of hydrogen-bond acceptors (Lipinski definition) is 5. The number of rotatable bonds is 5. The van der Waals surface area contributed by atoms with Gasteiger partial charge in [0.1, 0.15) is 0 Å². The van der Waals surface area contributed by atoms with Gasteiger partial charge in [-0.25, -0.2) is 15.0 Å². The van der Waals surface area contributed by atoms with E-state index in [2.05, 4.69) is 86.6 Å². The molecular weight excluding hydrogens is 623 g/mol. The van der Waals surface area contributed by atoms with E-state index in [-0.39, 0.29) is 5.41 Å². The predicted molar refractivity (Wildman–Crippen MR) is 205 cm³/mol. The Kier molecular flexibility index (Phi) is 7.12. The van der Waals surface area contributed by atoms with Crippen molar-refractivity contribution in [3.8, 4) is 73.6 Å². The second-order valence-electron chi connectivity index (χ2n) is 13.5. The van der Waals surface area contributed by atoms with Gasteiger partial charge in [-0.1, -0.05) is 117 Å². The summed E-state index contributed by atoms with van der Waals surface area (Å²) >= 11 is 0. The van der Waals surface area contributed by atoms with Gasteiger partial charge in [0, 0.05) is 39.3 Å². The van der Waals surface area contributed by atoms with Crippen LogP contribution in [0.1, 0.15) is 30.5 Å². The van der Waals surface area contributed by atoms with E-state index >= 15 is 0 Å². The lowest BCUT2D eigenvalue weighted by molar-refractivity contribution is 0.660. The number of nitrogens with zero attached hydrogens (tertiary/aromatic N) is 5. The molecule has 1 aliphatic carbocycles. The normalized spacial score (nSPS) is 12.6. The number of fused-ring (bicyclic) bond motifs is 4. The lowest BCUT2D eigenvalue weighted by Gasteiger charge is -2.22. The molecule has 1 aliphatic rings. The standard InChI is InChI=1S/C46H31N5/c1-46(2)40-23-29(28-47)18-20-38(40)39-21-19-33(27-41(39)46)34-24-35(37-17-9-15-30-16-10-22-48-42(30)37)26-36(25-34)45-50-43(31-11-5-3-6-12-31)49-44(51-45)32-13-7-4-8-14-32/h3-27H,1-2H3. The maximum Gasteiger partial charge on any atom is 0.164 e. The molecule has 0 aliphatic heterocycles. The van der Waals surface area contributed by atoms with Gasteiger partial charge in [0.15, 0.2) is 17.5 Å². The van der Waals surface area contributed by atoms with Crippen LogP contribution in [0.2, 0.25) is 0 Å². The molecule has 8 aromatic rings. The second kappa shape index (κ2) is 12.0. The van der Waals surface area contributed by atoms with Gasteiger partial charge >= 0.3 is 0 Å². The van der Waals surface area contributed by atoms with Gasteiger partial charge in [0.25, 0.3) is 0 Å². The number of pyridine rings is 1. The quantitative estimate of drug-likeness (QED) is 0.185. The van der Waals surface area contributed by atoms with Crippen LogP contribution in [0, 0.1) is 11.3 Å². The lowest BCUT2D eigenvalue weighted by atomic mass is 9.81. The zero-order valence-corrected chi connectivity index (χ0v) is 28.2. The summed E-state index contributed by atoms with van der Waals surface area (Å²) in [6.45, 7) is 4.49. The zero-order chi connectivity index (χ0) is 34.5. The van der Waals surface area contributed by atoms with E-state index in [9.17, 15) is 5.26 Å². The summed E-state index contributed by atoms with van der Waals surface area (Å²) < 4.78 is 0. The Labute approximate surface area is 296 Å². The zero-order valence-electron chi connectivity index (χ0n) is 28.2. The molecule has 0 amide bonds. The average Bonchev–Trinajstić information content (AvgIpc) is 3.42. The van der Waals surface area contributed by atoms with Crippen LogP contribution in [0.5, 0.6) is 0 Å². The molecule has 0 N–H and O–H groups in total. The van der Waals surface area contributed by atoms with Crippen LogP contribution in [0.4, 0.5) is 0 Å². The number of nitriles is 1. The third kappa shape index (κ3) is 5.26. The Morgan fingerprint density at radius 1 is 0.471 bits per heavy atom. The summed E-state index contributed by atoms with van der Waals surface area (Å²) in [6.07, 6.45) is 1.85. The van der Waals surface area contributed by atoms with Crippen molar-refractivity contribution in [3.63, 3.8) is 0 Å². The summed E-state index contributed by atoms with van der Waals surface area (Å²) in [5.74, 6) is 1.83. The maximum atomic E-state index is 9.65. The minimum atomic E-state index is -0.267. The fourth-order valence-corrected chi connectivity index (χ4v) is 7.34. The first-order valence-electron chi connectivity index (χ1n) is 17.0. The molecule has 0 fully saturated rings. The van der Waals surface area contributed by atoms with E-state index < -0.39 is 0 Å². The Morgan fingerprint density at radius 3 is 1.75 bits per heavy atom. The molecule has 0 atom stereocenters. The highest BCUT2D eigenvalue weighted by atomic mass is 15.0. The summed E-state index contributed by atoms with van der Waals surface area (Å²) in [7, 11) is 0. The third-order valence-corrected chi connectivity index (χ3v) is 9.97. The lowest BCUT2D eigenvalue weighted by Crippen LogP contribution is -2.15. The predicted octanol–water partition coefficient (Wildman–Crippen LogP) is 10.9. The van der Waals surface area contributed by atoms with Gasteiger partial charge in [-0.3, -0.25) is 4.98 Å². The smallest absolute Gasteiger partial charge is 0.164 e. The third-order valence-electron chi connectivity index (χ3n) is 9.97. The molecular formula is C46H31N5. The van der Waals surface area contributed by atoms with Crippen LogP contribution in [-0.4, -0.2) is 19.9 Å². The Hall–Kier alpha value is -6.77. The van der Waals surface area contributed by atoms with E-state index in [4.69, 9.17) is 19.9 Å². The molecule has 2 aromatic heterocycles. The molecule has 0 saturated carbocycles. The SMILES string of the molecule is CC1(C)c2cc(C#N)ccc2-c2ccc(-c3cc(-c4nc(-c5ccccc5)nc(-c5ccccc5)n4)cc(-c4cccc5cccnc45)c3)cc21. The summed E-state index contributed by atoms with van der Waals surface area (Å²) in [4.78, 5) is 19.9. The van der Waals surface area contributed by atoms with Crippen molar-refractivity contribution in [1.82, 2.24) is 19.9 Å². The van der Waals surface area contributed by atoms with Gasteiger partial charge in [-0.2, -0.15) is 5.26 Å². The van der Waals surface area contributed by atoms with E-state index in [1.54, 1.807) is 0 Å². The molecule has 0 spiro atoms. The molecule has 0 unspecified atom stereocenters. The molecule has 5 nitrogen and oxygen atoms in total. The van der Waals surface area contributed by atoms with E-state index in [0.29, 0.717) is 23.0 Å². The van der Waals surface area contributed by atoms with Crippen molar-refractivity contribution in [1.29, 1.82) is 5.26 Å². The molecule has 5 heteroatoms. The van der Waals surface area contributed by atoms with Gasteiger partial charge in [0.05, 0.1) is 17.1 Å². The topological polar surface area (TPSA) is 75.3 Å². The van der Waals surface area contributed by atoms with Crippen molar-refractivity contribution in [2.45, 2.75) is 19.3 Å². The first kappa shape index (κ1) is 30.3. The molecule has 2 heterocycles. The maximum absolute atomic E-state index is 9.65. The summed E-state index contributed by atoms with van der Waals surface area (Å²) in [5.41, 5.74) is 13.1. The van der Waals surface area contributed by atoms with Crippen molar-refractivity contribution >= 4 is 10.9 Å². The number of para-hydroxylation sites is 1. The fourth-order valence-electron chi connectivity index (χ4n) is 7.34. The second-order valence-corrected chi connectivity index (χ2v) is 13.5. The highest BCUT2D eigenvalue weighted by Gasteiger charge is 2.36. The van der Waals surface area contributed by atoms with Crippen LogP contribution in [-0.2, 0) is 5.41 Å². The molecule has 240 valence electrons.